The number of carbonyl (C=O) groups excluding carboxylic acids is 1. The fraction of sp³-hybridized carbons (Fsp3) is 0.381. The molecule has 7 heteroatoms. The second-order valence-electron chi connectivity index (χ2n) is 6.31. The van der Waals surface area contributed by atoms with Gasteiger partial charge in [0.1, 0.15) is 11.5 Å². The van der Waals surface area contributed by atoms with Crippen LogP contribution in [0.25, 0.3) is 0 Å². The lowest BCUT2D eigenvalue weighted by atomic mass is 10.1. The summed E-state index contributed by atoms with van der Waals surface area (Å²) in [5.74, 6) is 0.767. The van der Waals surface area contributed by atoms with Crippen LogP contribution in [0.2, 0.25) is 0 Å². The van der Waals surface area contributed by atoms with Crippen LogP contribution in [0.3, 0.4) is 0 Å². The van der Waals surface area contributed by atoms with Crippen LogP contribution in [-0.2, 0) is 11.3 Å². The number of hydrogen-bond acceptors (Lipinski definition) is 4. The van der Waals surface area contributed by atoms with Gasteiger partial charge in [-0.25, -0.2) is 0 Å². The molecule has 0 heterocycles. The summed E-state index contributed by atoms with van der Waals surface area (Å²) in [5.41, 5.74) is 1.88. The lowest BCUT2D eigenvalue weighted by Crippen LogP contribution is -2.38. The van der Waals surface area contributed by atoms with Crippen LogP contribution < -0.4 is 14.8 Å². The van der Waals surface area contributed by atoms with Crippen molar-refractivity contribution in [3.8, 4) is 11.5 Å². The van der Waals surface area contributed by atoms with Gasteiger partial charge in [0.05, 0.1) is 13.7 Å². The summed E-state index contributed by atoms with van der Waals surface area (Å²) in [5, 5.41) is 2.86. The molecule has 0 radical (unpaired) electrons. The minimum atomic E-state index is -2.85. The lowest BCUT2D eigenvalue weighted by Gasteiger charge is -2.27. The third-order valence-electron chi connectivity index (χ3n) is 4.52. The van der Waals surface area contributed by atoms with Gasteiger partial charge in [-0.2, -0.15) is 8.78 Å². The summed E-state index contributed by atoms with van der Waals surface area (Å²) < 4.78 is 33.9. The van der Waals surface area contributed by atoms with Crippen molar-refractivity contribution in [3.63, 3.8) is 0 Å². The Bertz CT molecular complexity index is 754. The molecule has 28 heavy (non-hydrogen) atoms. The Balaban J connectivity index is 1.89. The minimum Gasteiger partial charge on any atom is -0.497 e. The summed E-state index contributed by atoms with van der Waals surface area (Å²) in [6.45, 7) is 2.49. The van der Waals surface area contributed by atoms with Crippen LogP contribution in [0.4, 0.5) is 8.78 Å². The number of amides is 1. The van der Waals surface area contributed by atoms with Gasteiger partial charge in [-0.15, -0.1) is 0 Å². The van der Waals surface area contributed by atoms with Crippen molar-refractivity contribution in [1.29, 1.82) is 0 Å². The molecule has 1 N–H and O–H groups in total. The van der Waals surface area contributed by atoms with Crippen LogP contribution in [0, 0.1) is 0 Å². The maximum absolute atomic E-state index is 12.4. The molecule has 0 spiro atoms. The van der Waals surface area contributed by atoms with Crippen LogP contribution in [0.15, 0.2) is 48.5 Å². The lowest BCUT2D eigenvalue weighted by molar-refractivity contribution is -0.122. The molecule has 0 bridgehead atoms. The molecule has 5 nitrogen and oxygen atoms in total. The Kier molecular flexibility index (Phi) is 8.19. The normalized spacial score (nSPS) is 12.1. The summed E-state index contributed by atoms with van der Waals surface area (Å²) in [6.07, 6.45) is 0. The van der Waals surface area contributed by atoms with Crippen molar-refractivity contribution < 1.29 is 23.0 Å². The van der Waals surface area contributed by atoms with Gasteiger partial charge in [0.2, 0.25) is 5.91 Å². The van der Waals surface area contributed by atoms with Gasteiger partial charge < -0.3 is 14.8 Å². The molecule has 1 amide bonds. The average molecular weight is 392 g/mol. The highest BCUT2D eigenvalue weighted by molar-refractivity contribution is 5.78. The topological polar surface area (TPSA) is 50.8 Å². The van der Waals surface area contributed by atoms with E-state index in [1.165, 1.54) is 12.1 Å². The monoisotopic (exact) mass is 392 g/mol. The van der Waals surface area contributed by atoms with Crippen molar-refractivity contribution in [3.05, 3.63) is 59.7 Å². The van der Waals surface area contributed by atoms with Crippen molar-refractivity contribution >= 4 is 5.91 Å². The summed E-state index contributed by atoms with van der Waals surface area (Å²) in [7, 11) is 1.63. The van der Waals surface area contributed by atoms with Crippen molar-refractivity contribution in [2.24, 2.45) is 0 Å². The number of ether oxygens (including phenoxy) is 2. The van der Waals surface area contributed by atoms with E-state index in [1.54, 1.807) is 19.2 Å². The molecular formula is C21H26F2N2O3. The van der Waals surface area contributed by atoms with Gasteiger partial charge in [0.25, 0.3) is 0 Å². The number of methoxy groups -OCH3 is 1. The summed E-state index contributed by atoms with van der Waals surface area (Å²) >= 11 is 0. The average Bonchev–Trinajstić information content (AvgIpc) is 2.70. The van der Waals surface area contributed by atoms with E-state index in [0.717, 1.165) is 16.9 Å². The number of halogens is 2. The molecule has 0 saturated heterocycles. The highest BCUT2D eigenvalue weighted by Gasteiger charge is 2.17. The third kappa shape index (κ3) is 6.49. The number of carbonyl (C=O) groups is 1. The molecule has 1 atom stereocenters. The van der Waals surface area contributed by atoms with Gasteiger partial charge in [-0.3, -0.25) is 9.69 Å². The van der Waals surface area contributed by atoms with Gasteiger partial charge in [0, 0.05) is 12.6 Å². The molecule has 2 aromatic carbocycles. The van der Waals surface area contributed by atoms with Gasteiger partial charge in [-0.05, 0) is 48.9 Å². The number of hydrogen-bond donors (Lipinski definition) is 1. The molecule has 0 fully saturated rings. The Morgan fingerprint density at radius 3 is 2.46 bits per heavy atom. The zero-order valence-corrected chi connectivity index (χ0v) is 16.3. The van der Waals surface area contributed by atoms with Crippen LogP contribution in [-0.4, -0.2) is 37.6 Å². The number of alkyl halides is 2. The SMILES string of the molecule is CCN(CC(=O)NCc1ccc(OC(F)F)cc1)C(C)c1cccc(OC)c1. The first-order valence-electron chi connectivity index (χ1n) is 9.11. The largest absolute Gasteiger partial charge is 0.497 e. The maximum Gasteiger partial charge on any atom is 0.387 e. The first-order chi connectivity index (χ1) is 13.4. The molecule has 0 aromatic heterocycles. The number of likely N-dealkylation sites (N-methyl/N-ethyl adjacent to an activating group) is 1. The minimum absolute atomic E-state index is 0.0524. The first kappa shape index (κ1) is 21.6. The Labute approximate surface area is 164 Å². The van der Waals surface area contributed by atoms with E-state index >= 15 is 0 Å². The second-order valence-corrected chi connectivity index (χ2v) is 6.31. The molecule has 0 aliphatic rings. The van der Waals surface area contributed by atoms with Gasteiger partial charge in [0.15, 0.2) is 0 Å². The summed E-state index contributed by atoms with van der Waals surface area (Å²) in [4.78, 5) is 14.4. The quantitative estimate of drug-likeness (QED) is 0.664. The maximum atomic E-state index is 12.4. The predicted octanol–water partition coefficient (Wildman–Crippen LogP) is 4.00. The van der Waals surface area contributed by atoms with Gasteiger partial charge in [-0.1, -0.05) is 31.2 Å². The van der Waals surface area contributed by atoms with Crippen LogP contribution in [0.5, 0.6) is 11.5 Å². The number of nitrogens with one attached hydrogen (secondary N) is 1. The summed E-state index contributed by atoms with van der Waals surface area (Å²) in [6, 6.07) is 14.1. The standard InChI is InChI=1S/C21H26F2N2O3/c1-4-25(15(2)17-6-5-7-19(12-17)27-3)14-20(26)24-13-16-8-10-18(11-9-16)28-21(22)23/h5-12,15,21H,4,13-14H2,1-3H3,(H,24,26). The number of benzene rings is 2. The van der Waals surface area contributed by atoms with Crippen LogP contribution >= 0.6 is 0 Å². The Morgan fingerprint density at radius 2 is 1.86 bits per heavy atom. The zero-order valence-electron chi connectivity index (χ0n) is 16.3. The van der Waals surface area contributed by atoms with E-state index in [2.05, 4.69) is 15.0 Å². The first-order valence-corrected chi connectivity index (χ1v) is 9.11. The molecule has 0 saturated carbocycles. The fourth-order valence-electron chi connectivity index (χ4n) is 2.86. The molecular weight excluding hydrogens is 366 g/mol. The second kappa shape index (κ2) is 10.6. The Hall–Kier alpha value is -2.67. The van der Waals surface area contributed by atoms with E-state index < -0.39 is 6.61 Å². The predicted molar refractivity (Wildman–Crippen MR) is 104 cm³/mol. The number of rotatable bonds is 10. The molecule has 0 aliphatic heterocycles. The molecule has 2 aromatic rings. The van der Waals surface area contributed by atoms with Gasteiger partial charge >= 0.3 is 6.61 Å². The third-order valence-corrected chi connectivity index (χ3v) is 4.52. The highest BCUT2D eigenvalue weighted by Crippen LogP contribution is 2.23. The molecule has 152 valence electrons. The highest BCUT2D eigenvalue weighted by atomic mass is 19.3. The zero-order chi connectivity index (χ0) is 20.5. The van der Waals surface area contributed by atoms with E-state index in [0.29, 0.717) is 13.1 Å². The molecule has 1 unspecified atom stereocenters. The van der Waals surface area contributed by atoms with Crippen molar-refractivity contribution in [1.82, 2.24) is 10.2 Å². The van der Waals surface area contributed by atoms with Crippen molar-refractivity contribution in [2.75, 3.05) is 20.2 Å². The van der Waals surface area contributed by atoms with E-state index in [4.69, 9.17) is 4.74 Å². The Morgan fingerprint density at radius 1 is 1.14 bits per heavy atom. The smallest absolute Gasteiger partial charge is 0.387 e. The number of nitrogens with zero attached hydrogens (tertiary/aromatic N) is 1. The van der Waals surface area contributed by atoms with E-state index in [-0.39, 0.29) is 24.2 Å². The van der Waals surface area contributed by atoms with E-state index in [9.17, 15) is 13.6 Å². The van der Waals surface area contributed by atoms with E-state index in [1.807, 2.05) is 38.1 Å². The fourth-order valence-corrected chi connectivity index (χ4v) is 2.86. The molecule has 0 aliphatic carbocycles. The molecule has 2 rings (SSSR count). The van der Waals surface area contributed by atoms with Crippen molar-refractivity contribution in [2.45, 2.75) is 33.0 Å². The van der Waals surface area contributed by atoms with Crippen LogP contribution in [0.1, 0.15) is 31.0 Å².